The molecule has 1 fully saturated rings. The zero-order valence-electron chi connectivity index (χ0n) is 13.2. The number of carbonyl (C=O) groups is 1. The van der Waals surface area contributed by atoms with Gasteiger partial charge in [-0.05, 0) is 30.5 Å². The van der Waals surface area contributed by atoms with Crippen LogP contribution < -0.4 is 10.6 Å². The maximum absolute atomic E-state index is 12.3. The molecule has 1 aromatic carbocycles. The van der Waals surface area contributed by atoms with E-state index in [0.717, 1.165) is 38.2 Å². The fraction of sp³-hybridized carbons (Fsp3) is 0.588. The minimum Gasteiger partial charge on any atom is -0.325 e. The van der Waals surface area contributed by atoms with Crippen molar-refractivity contribution in [2.45, 2.75) is 52.1 Å². The first-order chi connectivity index (χ1) is 10.1. The van der Waals surface area contributed by atoms with Crippen LogP contribution in [0, 0.1) is 0 Å². The van der Waals surface area contributed by atoms with Crippen molar-refractivity contribution >= 4 is 11.7 Å². The Morgan fingerprint density at radius 2 is 1.90 bits per heavy atom. The second-order valence-corrected chi connectivity index (χ2v) is 6.07. The zero-order valence-corrected chi connectivity index (χ0v) is 13.2. The summed E-state index contributed by atoms with van der Waals surface area (Å²) in [6, 6.07) is 8.57. The topological polar surface area (TPSA) is 44.4 Å². The molecule has 0 aliphatic carbocycles. The van der Waals surface area contributed by atoms with Crippen LogP contribution >= 0.6 is 0 Å². The number of likely N-dealkylation sites (tertiary alicyclic amines) is 1. The Labute approximate surface area is 127 Å². The van der Waals surface area contributed by atoms with Crippen molar-refractivity contribution in [1.29, 1.82) is 0 Å². The predicted octanol–water partition coefficient (Wildman–Crippen LogP) is 3.59. The Hall–Kier alpha value is -1.55. The number of amides is 2. The number of nitrogens with one attached hydrogen (secondary N) is 2. The summed E-state index contributed by atoms with van der Waals surface area (Å²) in [4.78, 5) is 14.2. The van der Waals surface area contributed by atoms with Gasteiger partial charge in [0.25, 0.3) is 0 Å². The van der Waals surface area contributed by atoms with Gasteiger partial charge < -0.3 is 15.5 Å². The van der Waals surface area contributed by atoms with Crippen molar-refractivity contribution in [1.82, 2.24) is 10.2 Å². The molecule has 0 saturated carbocycles. The molecule has 1 aromatic rings. The molecule has 0 bridgehead atoms. The number of hydrogen-bond acceptors (Lipinski definition) is 2. The van der Waals surface area contributed by atoms with Crippen molar-refractivity contribution in [2.24, 2.45) is 0 Å². The minimum absolute atomic E-state index is 0.0332. The average Bonchev–Trinajstić information content (AvgIpc) is 2.74. The summed E-state index contributed by atoms with van der Waals surface area (Å²) < 4.78 is 0. The monoisotopic (exact) mass is 289 g/mol. The highest BCUT2D eigenvalue weighted by molar-refractivity contribution is 5.89. The van der Waals surface area contributed by atoms with E-state index in [2.05, 4.69) is 30.5 Å². The van der Waals surface area contributed by atoms with Gasteiger partial charge in [0.15, 0.2) is 0 Å². The Morgan fingerprint density at radius 3 is 2.57 bits per heavy atom. The van der Waals surface area contributed by atoms with E-state index >= 15 is 0 Å². The molecule has 4 heteroatoms. The highest BCUT2D eigenvalue weighted by Crippen LogP contribution is 2.14. The second-order valence-electron chi connectivity index (χ2n) is 6.07. The number of carbonyl (C=O) groups excluding carboxylic acids is 1. The lowest BCUT2D eigenvalue weighted by atomic mass is 10.2. The molecular weight excluding hydrogens is 262 g/mol. The van der Waals surface area contributed by atoms with Crippen molar-refractivity contribution in [3.8, 4) is 0 Å². The van der Waals surface area contributed by atoms with Gasteiger partial charge >= 0.3 is 6.03 Å². The van der Waals surface area contributed by atoms with Gasteiger partial charge in [0.2, 0.25) is 0 Å². The van der Waals surface area contributed by atoms with E-state index in [1.54, 1.807) is 0 Å². The largest absolute Gasteiger partial charge is 0.325 e. The second kappa shape index (κ2) is 8.03. The van der Waals surface area contributed by atoms with Crippen molar-refractivity contribution in [3.63, 3.8) is 0 Å². The van der Waals surface area contributed by atoms with Gasteiger partial charge in [-0.25, -0.2) is 4.79 Å². The quantitative estimate of drug-likeness (QED) is 0.889. The summed E-state index contributed by atoms with van der Waals surface area (Å²) in [6.45, 7) is 6.84. The van der Waals surface area contributed by atoms with Gasteiger partial charge in [-0.1, -0.05) is 38.8 Å². The summed E-state index contributed by atoms with van der Waals surface area (Å²) in [5.41, 5.74) is 2.07. The molecule has 0 aromatic heterocycles. The third-order valence-corrected chi connectivity index (χ3v) is 3.79. The van der Waals surface area contributed by atoms with Crippen molar-refractivity contribution in [3.05, 3.63) is 29.8 Å². The first kappa shape index (κ1) is 15.8. The third kappa shape index (κ3) is 5.38. The highest BCUT2D eigenvalue weighted by Gasteiger charge is 2.15. The Balaban J connectivity index is 1.92. The summed E-state index contributed by atoms with van der Waals surface area (Å²) in [7, 11) is 0. The molecule has 1 aliphatic rings. The molecule has 1 heterocycles. The van der Waals surface area contributed by atoms with Gasteiger partial charge in [-0.2, -0.15) is 0 Å². The molecule has 0 unspecified atom stereocenters. The Kier molecular flexibility index (Phi) is 6.05. The Bertz CT molecular complexity index is 451. The van der Waals surface area contributed by atoms with E-state index in [1.807, 2.05) is 23.1 Å². The molecule has 0 atom stereocenters. The lowest BCUT2D eigenvalue weighted by Gasteiger charge is -2.21. The lowest BCUT2D eigenvalue weighted by molar-refractivity contribution is 0.214. The molecule has 4 nitrogen and oxygen atoms in total. The van der Waals surface area contributed by atoms with E-state index in [-0.39, 0.29) is 6.03 Å². The number of benzene rings is 1. The molecule has 2 amide bonds. The smallest absolute Gasteiger partial charge is 0.321 e. The average molecular weight is 289 g/mol. The molecule has 1 saturated heterocycles. The van der Waals surface area contributed by atoms with Crippen LogP contribution in [0.1, 0.15) is 45.1 Å². The highest BCUT2D eigenvalue weighted by atomic mass is 16.2. The molecule has 0 radical (unpaired) electrons. The van der Waals surface area contributed by atoms with Crippen LogP contribution in [-0.4, -0.2) is 30.1 Å². The summed E-state index contributed by atoms with van der Waals surface area (Å²) in [5, 5.41) is 6.42. The van der Waals surface area contributed by atoms with Gasteiger partial charge in [0, 0.05) is 31.4 Å². The van der Waals surface area contributed by atoms with E-state index in [4.69, 9.17) is 0 Å². The number of rotatable bonds is 4. The van der Waals surface area contributed by atoms with Crippen LogP contribution in [-0.2, 0) is 6.54 Å². The van der Waals surface area contributed by atoms with E-state index < -0.39 is 0 Å². The van der Waals surface area contributed by atoms with Crippen LogP contribution in [0.2, 0.25) is 0 Å². The first-order valence-corrected chi connectivity index (χ1v) is 8.03. The standard InChI is InChI=1S/C17H27N3O/c1-14(2)18-13-15-8-7-9-16(12-15)19-17(21)20-10-5-3-4-6-11-20/h7-9,12,14,18H,3-6,10-11,13H2,1-2H3,(H,19,21). The molecule has 2 rings (SSSR count). The van der Waals surface area contributed by atoms with Crippen LogP contribution in [0.15, 0.2) is 24.3 Å². The predicted molar refractivity (Wildman–Crippen MR) is 87.5 cm³/mol. The van der Waals surface area contributed by atoms with Crippen molar-refractivity contribution < 1.29 is 4.79 Å². The van der Waals surface area contributed by atoms with Gasteiger partial charge in [0.1, 0.15) is 0 Å². The maximum Gasteiger partial charge on any atom is 0.321 e. The molecule has 1 aliphatic heterocycles. The summed E-state index contributed by atoms with van der Waals surface area (Å²) in [5.74, 6) is 0. The van der Waals surface area contributed by atoms with Crippen molar-refractivity contribution in [2.75, 3.05) is 18.4 Å². The van der Waals surface area contributed by atoms with Gasteiger partial charge in [-0.3, -0.25) is 0 Å². The van der Waals surface area contributed by atoms with E-state index in [0.29, 0.717) is 6.04 Å². The first-order valence-electron chi connectivity index (χ1n) is 8.03. The summed E-state index contributed by atoms with van der Waals surface area (Å²) in [6.07, 6.45) is 4.71. The van der Waals surface area contributed by atoms with Crippen LogP contribution in [0.3, 0.4) is 0 Å². The third-order valence-electron chi connectivity index (χ3n) is 3.79. The van der Waals surface area contributed by atoms with Crippen LogP contribution in [0.4, 0.5) is 10.5 Å². The number of nitrogens with zero attached hydrogens (tertiary/aromatic N) is 1. The van der Waals surface area contributed by atoms with E-state index in [1.165, 1.54) is 18.4 Å². The van der Waals surface area contributed by atoms with E-state index in [9.17, 15) is 4.79 Å². The minimum atomic E-state index is 0.0332. The SMILES string of the molecule is CC(C)NCc1cccc(NC(=O)N2CCCCCC2)c1. The number of hydrogen-bond donors (Lipinski definition) is 2. The normalized spacial score (nSPS) is 15.9. The fourth-order valence-electron chi connectivity index (χ4n) is 2.56. The molecule has 2 N–H and O–H groups in total. The summed E-state index contributed by atoms with van der Waals surface area (Å²) >= 11 is 0. The molecule has 0 spiro atoms. The molecule has 116 valence electrons. The fourth-order valence-corrected chi connectivity index (χ4v) is 2.56. The van der Waals surface area contributed by atoms with Crippen LogP contribution in [0.25, 0.3) is 0 Å². The van der Waals surface area contributed by atoms with Gasteiger partial charge in [-0.15, -0.1) is 0 Å². The molecular formula is C17H27N3O. The number of anilines is 1. The molecule has 21 heavy (non-hydrogen) atoms. The maximum atomic E-state index is 12.3. The Morgan fingerprint density at radius 1 is 1.19 bits per heavy atom. The van der Waals surface area contributed by atoms with Gasteiger partial charge in [0.05, 0.1) is 0 Å². The zero-order chi connectivity index (χ0) is 15.1. The number of urea groups is 1. The van der Waals surface area contributed by atoms with Crippen LogP contribution in [0.5, 0.6) is 0 Å². The lowest BCUT2D eigenvalue weighted by Crippen LogP contribution is -2.35.